The minimum atomic E-state index is -0.121. The van der Waals surface area contributed by atoms with Crippen molar-refractivity contribution in [3.63, 3.8) is 0 Å². The molecule has 0 amide bonds. The molecule has 0 atom stereocenters. The van der Waals surface area contributed by atoms with E-state index in [1.807, 2.05) is 0 Å². The predicted octanol–water partition coefficient (Wildman–Crippen LogP) is 3.16. The molecule has 1 aromatic rings. The summed E-state index contributed by atoms with van der Waals surface area (Å²) in [6.45, 7) is 8.27. The van der Waals surface area contributed by atoms with Gasteiger partial charge in [-0.3, -0.25) is 0 Å². The van der Waals surface area contributed by atoms with Gasteiger partial charge in [-0.25, -0.2) is 0 Å². The second kappa shape index (κ2) is 7.43. The quantitative estimate of drug-likeness (QED) is 0.864. The maximum Gasteiger partial charge on any atom is 0.0574 e. The first kappa shape index (κ1) is 15.8. The molecule has 0 unspecified atom stereocenters. The van der Waals surface area contributed by atoms with Crippen molar-refractivity contribution in [2.24, 2.45) is 5.92 Å². The molecular weight excluding hydrogens is 316 g/mol. The Hall–Kier alpha value is -0.580. The molecule has 20 heavy (non-hydrogen) atoms. The average Bonchev–Trinajstić information content (AvgIpc) is 2.40. The maximum absolute atomic E-state index is 9.58. The SMILES string of the molecule is CC(C)CNCc1ccc(N2CCC(O)CC2)c(Br)c1. The van der Waals surface area contributed by atoms with Crippen molar-refractivity contribution in [2.45, 2.75) is 39.3 Å². The zero-order chi connectivity index (χ0) is 14.5. The van der Waals surface area contributed by atoms with Crippen molar-refractivity contribution >= 4 is 21.6 Å². The summed E-state index contributed by atoms with van der Waals surface area (Å²) in [6.07, 6.45) is 1.61. The van der Waals surface area contributed by atoms with E-state index in [4.69, 9.17) is 0 Å². The molecule has 0 bridgehead atoms. The smallest absolute Gasteiger partial charge is 0.0574 e. The van der Waals surface area contributed by atoms with Gasteiger partial charge in [-0.05, 0) is 58.9 Å². The monoisotopic (exact) mass is 340 g/mol. The summed E-state index contributed by atoms with van der Waals surface area (Å²) in [5, 5.41) is 13.0. The van der Waals surface area contributed by atoms with Crippen LogP contribution >= 0.6 is 15.9 Å². The molecule has 1 saturated heterocycles. The van der Waals surface area contributed by atoms with E-state index in [1.165, 1.54) is 11.3 Å². The number of hydrogen-bond donors (Lipinski definition) is 2. The van der Waals surface area contributed by atoms with E-state index in [0.717, 1.165) is 43.5 Å². The highest BCUT2D eigenvalue weighted by Gasteiger charge is 2.18. The minimum Gasteiger partial charge on any atom is -0.393 e. The Morgan fingerprint density at radius 3 is 2.65 bits per heavy atom. The van der Waals surface area contributed by atoms with E-state index in [1.54, 1.807) is 0 Å². The van der Waals surface area contributed by atoms with Crippen molar-refractivity contribution in [1.82, 2.24) is 5.32 Å². The molecule has 112 valence electrons. The van der Waals surface area contributed by atoms with Crippen LogP contribution in [0, 0.1) is 5.92 Å². The summed E-state index contributed by atoms with van der Waals surface area (Å²) in [4.78, 5) is 2.35. The van der Waals surface area contributed by atoms with Gasteiger partial charge in [0, 0.05) is 24.1 Å². The van der Waals surface area contributed by atoms with Crippen molar-refractivity contribution in [3.05, 3.63) is 28.2 Å². The van der Waals surface area contributed by atoms with Crippen molar-refractivity contribution in [3.8, 4) is 0 Å². The summed E-state index contributed by atoms with van der Waals surface area (Å²) in [5.74, 6) is 0.678. The molecule has 1 fully saturated rings. The van der Waals surface area contributed by atoms with Gasteiger partial charge >= 0.3 is 0 Å². The number of benzene rings is 1. The zero-order valence-electron chi connectivity index (χ0n) is 12.4. The molecule has 1 heterocycles. The highest BCUT2D eigenvalue weighted by atomic mass is 79.9. The number of aliphatic hydroxyl groups excluding tert-OH is 1. The summed E-state index contributed by atoms with van der Waals surface area (Å²) in [5.41, 5.74) is 2.54. The van der Waals surface area contributed by atoms with Crippen LogP contribution in [0.25, 0.3) is 0 Å². The molecule has 3 nitrogen and oxygen atoms in total. The van der Waals surface area contributed by atoms with Crippen LogP contribution in [0.2, 0.25) is 0 Å². The largest absolute Gasteiger partial charge is 0.393 e. The van der Waals surface area contributed by atoms with Gasteiger partial charge in [-0.1, -0.05) is 19.9 Å². The van der Waals surface area contributed by atoms with Crippen LogP contribution in [0.15, 0.2) is 22.7 Å². The number of nitrogens with one attached hydrogen (secondary N) is 1. The standard InChI is InChI=1S/C16H25BrN2O/c1-12(2)10-18-11-13-3-4-16(15(17)9-13)19-7-5-14(20)6-8-19/h3-4,9,12,14,18,20H,5-8,10-11H2,1-2H3. The fourth-order valence-corrected chi connectivity index (χ4v) is 3.21. The van der Waals surface area contributed by atoms with Gasteiger partial charge in [-0.15, -0.1) is 0 Å². The number of hydrogen-bond acceptors (Lipinski definition) is 3. The fraction of sp³-hybridized carbons (Fsp3) is 0.625. The minimum absolute atomic E-state index is 0.121. The molecule has 2 rings (SSSR count). The van der Waals surface area contributed by atoms with Crippen molar-refractivity contribution < 1.29 is 5.11 Å². The topological polar surface area (TPSA) is 35.5 Å². The number of piperidine rings is 1. The van der Waals surface area contributed by atoms with E-state index in [-0.39, 0.29) is 6.10 Å². The van der Waals surface area contributed by atoms with E-state index in [2.05, 4.69) is 58.2 Å². The normalized spacial score (nSPS) is 16.9. The molecule has 2 N–H and O–H groups in total. The number of nitrogens with zero attached hydrogens (tertiary/aromatic N) is 1. The molecule has 1 aromatic carbocycles. The third kappa shape index (κ3) is 4.47. The zero-order valence-corrected chi connectivity index (χ0v) is 14.0. The van der Waals surface area contributed by atoms with E-state index in [9.17, 15) is 5.11 Å². The Balaban J connectivity index is 1.95. The first-order valence-electron chi connectivity index (χ1n) is 7.48. The molecule has 0 aromatic heterocycles. The van der Waals surface area contributed by atoms with Gasteiger partial charge in [0.25, 0.3) is 0 Å². The van der Waals surface area contributed by atoms with Gasteiger partial charge in [-0.2, -0.15) is 0 Å². The number of anilines is 1. The molecular formula is C16H25BrN2O. The predicted molar refractivity (Wildman–Crippen MR) is 88.1 cm³/mol. The summed E-state index contributed by atoms with van der Waals surface area (Å²) >= 11 is 3.69. The van der Waals surface area contributed by atoms with Gasteiger partial charge in [0.05, 0.1) is 11.8 Å². The fourth-order valence-electron chi connectivity index (χ4n) is 2.53. The first-order chi connectivity index (χ1) is 9.56. The highest BCUT2D eigenvalue weighted by molar-refractivity contribution is 9.10. The molecule has 0 saturated carbocycles. The van der Waals surface area contributed by atoms with E-state index < -0.39 is 0 Å². The lowest BCUT2D eigenvalue weighted by Gasteiger charge is -2.32. The van der Waals surface area contributed by atoms with E-state index in [0.29, 0.717) is 5.92 Å². The number of rotatable bonds is 5. The van der Waals surface area contributed by atoms with Crippen LogP contribution in [0.4, 0.5) is 5.69 Å². The average molecular weight is 341 g/mol. The molecule has 0 aliphatic carbocycles. The van der Waals surface area contributed by atoms with Crippen molar-refractivity contribution in [2.75, 3.05) is 24.5 Å². The van der Waals surface area contributed by atoms with Crippen LogP contribution < -0.4 is 10.2 Å². The Labute approximate surface area is 130 Å². The molecule has 1 aliphatic rings. The Morgan fingerprint density at radius 2 is 2.05 bits per heavy atom. The summed E-state index contributed by atoms with van der Waals surface area (Å²) in [6, 6.07) is 6.58. The van der Waals surface area contributed by atoms with Gasteiger partial charge in [0.2, 0.25) is 0 Å². The molecule has 4 heteroatoms. The summed E-state index contributed by atoms with van der Waals surface area (Å²) in [7, 11) is 0. The third-order valence-corrected chi connectivity index (χ3v) is 4.33. The van der Waals surface area contributed by atoms with Crippen LogP contribution in [-0.4, -0.2) is 30.8 Å². The van der Waals surface area contributed by atoms with Crippen LogP contribution in [0.3, 0.4) is 0 Å². The van der Waals surface area contributed by atoms with E-state index >= 15 is 0 Å². The molecule has 0 spiro atoms. The molecule has 0 radical (unpaired) electrons. The Bertz CT molecular complexity index is 428. The Morgan fingerprint density at radius 1 is 1.35 bits per heavy atom. The second-order valence-corrected chi connectivity index (χ2v) is 6.88. The second-order valence-electron chi connectivity index (χ2n) is 6.03. The van der Waals surface area contributed by atoms with Gasteiger partial charge in [0.1, 0.15) is 0 Å². The molecule has 1 aliphatic heterocycles. The lowest BCUT2D eigenvalue weighted by Crippen LogP contribution is -2.36. The highest BCUT2D eigenvalue weighted by Crippen LogP contribution is 2.29. The van der Waals surface area contributed by atoms with Gasteiger partial charge < -0.3 is 15.3 Å². The van der Waals surface area contributed by atoms with Crippen molar-refractivity contribution in [1.29, 1.82) is 0 Å². The van der Waals surface area contributed by atoms with Crippen LogP contribution in [0.5, 0.6) is 0 Å². The number of aliphatic hydroxyl groups is 1. The Kier molecular flexibility index (Phi) is 5.87. The lowest BCUT2D eigenvalue weighted by molar-refractivity contribution is 0.145. The third-order valence-electron chi connectivity index (χ3n) is 3.70. The lowest BCUT2D eigenvalue weighted by atomic mass is 10.1. The van der Waals surface area contributed by atoms with Gasteiger partial charge in [0.15, 0.2) is 0 Å². The summed E-state index contributed by atoms with van der Waals surface area (Å²) < 4.78 is 1.15. The van der Waals surface area contributed by atoms with Crippen LogP contribution in [-0.2, 0) is 6.54 Å². The van der Waals surface area contributed by atoms with Crippen LogP contribution in [0.1, 0.15) is 32.3 Å². The maximum atomic E-state index is 9.58. The number of halogens is 1. The first-order valence-corrected chi connectivity index (χ1v) is 8.27.